The number of carbonyl (C=O) groups excluding carboxylic acids is 1. The minimum absolute atomic E-state index is 0.0259. The molecule has 1 heterocycles. The SMILES string of the molecule is Cc1nc2ccccc2n1CCNC(=O)NC(C)c1ccccc1. The zero-order valence-electron chi connectivity index (χ0n) is 14.0. The van der Waals surface area contributed by atoms with E-state index in [1.54, 1.807) is 0 Å². The lowest BCUT2D eigenvalue weighted by Gasteiger charge is -2.15. The molecular weight excluding hydrogens is 300 g/mol. The summed E-state index contributed by atoms with van der Waals surface area (Å²) in [5.74, 6) is 0.955. The number of aromatic nitrogens is 2. The van der Waals surface area contributed by atoms with Gasteiger partial charge in [-0.1, -0.05) is 42.5 Å². The van der Waals surface area contributed by atoms with Gasteiger partial charge in [-0.05, 0) is 31.5 Å². The molecule has 0 saturated carbocycles. The third-order valence-corrected chi connectivity index (χ3v) is 4.11. The topological polar surface area (TPSA) is 59.0 Å². The van der Waals surface area contributed by atoms with Crippen molar-refractivity contribution in [3.05, 3.63) is 66.0 Å². The van der Waals surface area contributed by atoms with Gasteiger partial charge in [0, 0.05) is 13.1 Å². The molecule has 5 heteroatoms. The molecule has 24 heavy (non-hydrogen) atoms. The van der Waals surface area contributed by atoms with Crippen molar-refractivity contribution < 1.29 is 4.79 Å². The van der Waals surface area contributed by atoms with Gasteiger partial charge in [-0.3, -0.25) is 0 Å². The first-order valence-electron chi connectivity index (χ1n) is 8.16. The number of nitrogens with zero attached hydrogens (tertiary/aromatic N) is 2. The molecule has 124 valence electrons. The van der Waals surface area contributed by atoms with Crippen LogP contribution < -0.4 is 10.6 Å². The number of imidazole rings is 1. The van der Waals surface area contributed by atoms with Crippen LogP contribution in [0.3, 0.4) is 0 Å². The van der Waals surface area contributed by atoms with Crippen LogP contribution in [0.25, 0.3) is 11.0 Å². The molecule has 1 atom stereocenters. The summed E-state index contributed by atoms with van der Waals surface area (Å²) < 4.78 is 2.12. The van der Waals surface area contributed by atoms with Crippen LogP contribution >= 0.6 is 0 Å². The van der Waals surface area contributed by atoms with E-state index >= 15 is 0 Å². The van der Waals surface area contributed by atoms with Crippen molar-refractivity contribution in [1.29, 1.82) is 0 Å². The Morgan fingerprint density at radius 3 is 2.62 bits per heavy atom. The number of hydrogen-bond donors (Lipinski definition) is 2. The summed E-state index contributed by atoms with van der Waals surface area (Å²) in [6.07, 6.45) is 0. The number of fused-ring (bicyclic) bond motifs is 1. The van der Waals surface area contributed by atoms with Crippen LogP contribution in [-0.2, 0) is 6.54 Å². The van der Waals surface area contributed by atoms with Gasteiger partial charge in [0.15, 0.2) is 0 Å². The smallest absolute Gasteiger partial charge is 0.315 e. The fourth-order valence-corrected chi connectivity index (χ4v) is 2.83. The first kappa shape index (κ1) is 16.1. The van der Waals surface area contributed by atoms with E-state index in [-0.39, 0.29) is 12.1 Å². The number of rotatable bonds is 5. The second-order valence-corrected chi connectivity index (χ2v) is 5.83. The predicted molar refractivity (Wildman–Crippen MR) is 95.9 cm³/mol. The predicted octanol–water partition coefficient (Wildman–Crippen LogP) is 3.41. The Bertz CT molecular complexity index is 826. The number of aryl methyl sites for hydroxylation is 1. The summed E-state index contributed by atoms with van der Waals surface area (Å²) in [5, 5.41) is 5.87. The number of hydrogen-bond acceptors (Lipinski definition) is 2. The molecule has 1 aromatic heterocycles. The van der Waals surface area contributed by atoms with Crippen LogP contribution in [0.15, 0.2) is 54.6 Å². The molecule has 0 saturated heterocycles. The normalized spacial score (nSPS) is 12.1. The minimum Gasteiger partial charge on any atom is -0.336 e. The fourth-order valence-electron chi connectivity index (χ4n) is 2.83. The molecular formula is C19H22N4O. The highest BCUT2D eigenvalue weighted by molar-refractivity contribution is 5.76. The van der Waals surface area contributed by atoms with Crippen LogP contribution in [0.2, 0.25) is 0 Å². The quantitative estimate of drug-likeness (QED) is 0.756. The largest absolute Gasteiger partial charge is 0.336 e. The first-order chi connectivity index (χ1) is 11.6. The van der Waals surface area contributed by atoms with Crippen molar-refractivity contribution in [2.75, 3.05) is 6.54 Å². The average Bonchev–Trinajstić information content (AvgIpc) is 2.91. The second-order valence-electron chi connectivity index (χ2n) is 5.83. The van der Waals surface area contributed by atoms with Gasteiger partial charge in [-0.15, -0.1) is 0 Å². The third-order valence-electron chi connectivity index (χ3n) is 4.11. The van der Waals surface area contributed by atoms with Gasteiger partial charge in [0.1, 0.15) is 5.82 Å². The maximum absolute atomic E-state index is 12.1. The van der Waals surface area contributed by atoms with Gasteiger partial charge in [-0.25, -0.2) is 9.78 Å². The first-order valence-corrected chi connectivity index (χ1v) is 8.16. The summed E-state index contributed by atoms with van der Waals surface area (Å²) in [4.78, 5) is 16.6. The van der Waals surface area contributed by atoms with Crippen LogP contribution in [0.4, 0.5) is 4.79 Å². The molecule has 5 nitrogen and oxygen atoms in total. The van der Waals surface area contributed by atoms with Crippen molar-refractivity contribution in [2.24, 2.45) is 0 Å². The molecule has 2 aromatic carbocycles. The summed E-state index contributed by atoms with van der Waals surface area (Å²) >= 11 is 0. The van der Waals surface area contributed by atoms with Gasteiger partial charge in [-0.2, -0.15) is 0 Å². The van der Waals surface area contributed by atoms with Crippen molar-refractivity contribution >= 4 is 17.1 Å². The molecule has 3 rings (SSSR count). The Morgan fingerprint density at radius 1 is 1.12 bits per heavy atom. The Kier molecular flexibility index (Phi) is 4.79. The average molecular weight is 322 g/mol. The van der Waals surface area contributed by atoms with E-state index in [0.29, 0.717) is 13.1 Å². The number of nitrogens with one attached hydrogen (secondary N) is 2. The molecule has 0 aliphatic rings. The van der Waals surface area contributed by atoms with Crippen LogP contribution in [0, 0.1) is 6.92 Å². The molecule has 0 fully saturated rings. The van der Waals surface area contributed by atoms with E-state index < -0.39 is 0 Å². The Hall–Kier alpha value is -2.82. The highest BCUT2D eigenvalue weighted by Crippen LogP contribution is 2.15. The van der Waals surface area contributed by atoms with Crippen LogP contribution in [-0.4, -0.2) is 22.1 Å². The van der Waals surface area contributed by atoms with E-state index in [2.05, 4.69) is 20.2 Å². The van der Waals surface area contributed by atoms with E-state index in [4.69, 9.17) is 0 Å². The highest BCUT2D eigenvalue weighted by Gasteiger charge is 2.10. The molecule has 0 spiro atoms. The van der Waals surface area contributed by atoms with Gasteiger partial charge in [0.2, 0.25) is 0 Å². The number of amides is 2. The van der Waals surface area contributed by atoms with Crippen molar-refractivity contribution in [2.45, 2.75) is 26.4 Å². The van der Waals surface area contributed by atoms with Crippen LogP contribution in [0.1, 0.15) is 24.4 Å². The van der Waals surface area contributed by atoms with Gasteiger partial charge in [0.05, 0.1) is 17.1 Å². The lowest BCUT2D eigenvalue weighted by Crippen LogP contribution is -2.38. The number of urea groups is 1. The van der Waals surface area contributed by atoms with E-state index in [1.807, 2.05) is 68.4 Å². The van der Waals surface area contributed by atoms with Crippen molar-refractivity contribution in [3.63, 3.8) is 0 Å². The Labute approximate surface area is 141 Å². The van der Waals surface area contributed by atoms with Crippen molar-refractivity contribution in [3.8, 4) is 0 Å². The highest BCUT2D eigenvalue weighted by atomic mass is 16.2. The number of benzene rings is 2. The van der Waals surface area contributed by atoms with Gasteiger partial charge < -0.3 is 15.2 Å². The van der Waals surface area contributed by atoms with E-state index in [0.717, 1.165) is 22.4 Å². The van der Waals surface area contributed by atoms with Gasteiger partial charge >= 0.3 is 6.03 Å². The summed E-state index contributed by atoms with van der Waals surface area (Å²) in [7, 11) is 0. The Balaban J connectivity index is 1.54. The van der Waals surface area contributed by atoms with Gasteiger partial charge in [0.25, 0.3) is 0 Å². The molecule has 0 aliphatic heterocycles. The monoisotopic (exact) mass is 322 g/mol. The summed E-state index contributed by atoms with van der Waals surface area (Å²) in [6.45, 7) is 5.20. The maximum Gasteiger partial charge on any atom is 0.315 e. The summed E-state index contributed by atoms with van der Waals surface area (Å²) in [6, 6.07) is 17.8. The maximum atomic E-state index is 12.1. The van der Waals surface area contributed by atoms with Crippen molar-refractivity contribution in [1.82, 2.24) is 20.2 Å². The molecule has 2 N–H and O–H groups in total. The number of para-hydroxylation sites is 2. The number of carbonyl (C=O) groups is 1. The molecule has 0 bridgehead atoms. The molecule has 3 aromatic rings. The fraction of sp³-hybridized carbons (Fsp3) is 0.263. The second kappa shape index (κ2) is 7.17. The molecule has 0 radical (unpaired) electrons. The summed E-state index contributed by atoms with van der Waals surface area (Å²) in [5.41, 5.74) is 3.16. The van der Waals surface area contributed by atoms with Crippen LogP contribution in [0.5, 0.6) is 0 Å². The minimum atomic E-state index is -0.159. The third kappa shape index (κ3) is 3.56. The van der Waals surface area contributed by atoms with E-state index in [1.165, 1.54) is 0 Å². The Morgan fingerprint density at radius 2 is 1.83 bits per heavy atom. The molecule has 0 aliphatic carbocycles. The standard InChI is InChI=1S/C19H22N4O/c1-14(16-8-4-3-5-9-16)21-19(24)20-12-13-23-15(2)22-17-10-6-7-11-18(17)23/h3-11,14H,12-13H2,1-2H3,(H2,20,21,24). The molecule has 2 amide bonds. The molecule has 1 unspecified atom stereocenters. The zero-order chi connectivity index (χ0) is 16.9. The van der Waals surface area contributed by atoms with E-state index in [9.17, 15) is 4.79 Å². The zero-order valence-corrected chi connectivity index (χ0v) is 14.0. The lowest BCUT2D eigenvalue weighted by atomic mass is 10.1. The lowest BCUT2D eigenvalue weighted by molar-refractivity contribution is 0.237.